The number of allylic oxidation sites excluding steroid dienone is 1. The highest BCUT2D eigenvalue weighted by atomic mass is 19.3. The van der Waals surface area contributed by atoms with Crippen molar-refractivity contribution >= 4 is 29.5 Å². The number of ether oxygens (including phenoxy) is 2. The number of hydrogen-bond acceptors (Lipinski definition) is 10. The zero-order valence-corrected chi connectivity index (χ0v) is 26.0. The highest BCUT2D eigenvalue weighted by Gasteiger charge is 2.39. The second-order valence-electron chi connectivity index (χ2n) is 12.2. The fourth-order valence-electron chi connectivity index (χ4n) is 4.06. The first-order valence-corrected chi connectivity index (χ1v) is 14.2. The lowest BCUT2D eigenvalue weighted by atomic mass is 10.1. The highest BCUT2D eigenvalue weighted by molar-refractivity contribution is 6.04. The number of anilines is 1. The van der Waals surface area contributed by atoms with E-state index in [-0.39, 0.29) is 24.9 Å². The summed E-state index contributed by atoms with van der Waals surface area (Å²) in [5.41, 5.74) is 7.91. The van der Waals surface area contributed by atoms with Crippen LogP contribution in [0.5, 0.6) is 0 Å². The number of rotatable bonds is 7. The normalized spacial score (nSPS) is 14.2. The molecule has 240 valence electrons. The van der Waals surface area contributed by atoms with Crippen LogP contribution >= 0.6 is 0 Å². The topological polar surface area (TPSA) is 148 Å². The molecule has 2 amide bonds. The Morgan fingerprint density at radius 1 is 0.956 bits per heavy atom. The minimum absolute atomic E-state index is 0.0126. The molecule has 1 aromatic heterocycles. The van der Waals surface area contributed by atoms with Gasteiger partial charge in [-0.15, -0.1) is 10.2 Å². The van der Waals surface area contributed by atoms with E-state index in [2.05, 4.69) is 20.5 Å². The third-order valence-electron chi connectivity index (χ3n) is 6.01. The van der Waals surface area contributed by atoms with Crippen molar-refractivity contribution in [2.24, 2.45) is 10.7 Å². The molecular weight excluding hydrogens is 588 g/mol. The first-order valence-electron chi connectivity index (χ1n) is 14.2. The number of amides is 2. The second-order valence-corrected chi connectivity index (χ2v) is 12.2. The average Bonchev–Trinajstić information content (AvgIpc) is 3.60. The zero-order valence-electron chi connectivity index (χ0n) is 26.0. The van der Waals surface area contributed by atoms with Crippen LogP contribution in [0.4, 0.5) is 29.7 Å². The molecule has 0 spiro atoms. The molecule has 0 radical (unpaired) electrons. The molecule has 1 aliphatic heterocycles. The maximum atomic E-state index is 12.9. The summed E-state index contributed by atoms with van der Waals surface area (Å²) >= 11 is 0. The van der Waals surface area contributed by atoms with Crippen molar-refractivity contribution in [3.8, 4) is 11.5 Å². The van der Waals surface area contributed by atoms with Gasteiger partial charge in [-0.3, -0.25) is 0 Å². The van der Waals surface area contributed by atoms with E-state index in [1.165, 1.54) is 9.80 Å². The average molecular weight is 626 g/mol. The Morgan fingerprint density at radius 3 is 2.00 bits per heavy atom. The first kappa shape index (κ1) is 32.9. The summed E-state index contributed by atoms with van der Waals surface area (Å²) in [6.07, 6.45) is -1.98. The van der Waals surface area contributed by atoms with Crippen molar-refractivity contribution in [1.29, 1.82) is 0 Å². The first-order chi connectivity index (χ1) is 21.1. The van der Waals surface area contributed by atoms with Gasteiger partial charge in [0.2, 0.25) is 11.9 Å². The molecule has 0 bridgehead atoms. The molecule has 1 fully saturated rings. The van der Waals surface area contributed by atoms with E-state index in [0.717, 1.165) is 11.3 Å². The van der Waals surface area contributed by atoms with Crippen LogP contribution in [-0.2, 0) is 15.9 Å². The monoisotopic (exact) mass is 625 g/mol. The molecular formula is C31H37F2N7O5. The highest BCUT2D eigenvalue weighted by Crippen LogP contribution is 2.25. The van der Waals surface area contributed by atoms with Gasteiger partial charge in [0.1, 0.15) is 11.2 Å². The Morgan fingerprint density at radius 2 is 1.51 bits per heavy atom. The predicted octanol–water partition coefficient (Wildman–Crippen LogP) is 6.60. The van der Waals surface area contributed by atoms with Crippen LogP contribution in [0.3, 0.4) is 0 Å². The van der Waals surface area contributed by atoms with Crippen molar-refractivity contribution in [1.82, 2.24) is 20.0 Å². The summed E-state index contributed by atoms with van der Waals surface area (Å²) in [5, 5.41) is 10.1. The number of carbonyl (C=O) groups is 2. The van der Waals surface area contributed by atoms with Crippen LogP contribution in [0, 0.1) is 0 Å². The van der Waals surface area contributed by atoms with E-state index < -0.39 is 35.7 Å². The number of benzene rings is 2. The quantitative estimate of drug-likeness (QED) is 0.296. The number of nitrogens with one attached hydrogen (secondary N) is 1. The van der Waals surface area contributed by atoms with Gasteiger partial charge in [-0.1, -0.05) is 12.1 Å². The lowest BCUT2D eigenvalue weighted by molar-refractivity contribution is 0.0375. The van der Waals surface area contributed by atoms with Crippen molar-refractivity contribution in [2.75, 3.05) is 18.4 Å². The summed E-state index contributed by atoms with van der Waals surface area (Å²) in [6, 6.07) is 14.0. The van der Waals surface area contributed by atoms with E-state index in [1.807, 2.05) is 0 Å². The van der Waals surface area contributed by atoms with Crippen LogP contribution in [-0.4, -0.2) is 62.4 Å². The molecule has 0 atom stereocenters. The van der Waals surface area contributed by atoms with Gasteiger partial charge < -0.3 is 24.9 Å². The van der Waals surface area contributed by atoms with Gasteiger partial charge in [0.05, 0.1) is 18.8 Å². The molecule has 0 saturated carbocycles. The number of alkyl halides is 2. The number of nitrogens with zero attached hydrogens (tertiary/aromatic N) is 5. The van der Waals surface area contributed by atoms with Crippen molar-refractivity contribution in [2.45, 2.75) is 65.6 Å². The van der Waals surface area contributed by atoms with Crippen molar-refractivity contribution in [3.05, 3.63) is 71.9 Å². The van der Waals surface area contributed by atoms with Crippen LogP contribution in [0.1, 0.15) is 59.4 Å². The molecule has 1 aliphatic rings. The zero-order chi connectivity index (χ0) is 32.9. The number of guanidine groups is 1. The van der Waals surface area contributed by atoms with Crippen LogP contribution in [0.25, 0.3) is 11.5 Å². The Labute approximate surface area is 259 Å². The van der Waals surface area contributed by atoms with Gasteiger partial charge in [-0.25, -0.2) is 24.4 Å². The summed E-state index contributed by atoms with van der Waals surface area (Å²) in [5.74, 6) is -0.599. The van der Waals surface area contributed by atoms with Gasteiger partial charge in [0, 0.05) is 29.6 Å². The maximum absolute atomic E-state index is 12.9. The van der Waals surface area contributed by atoms with Crippen LogP contribution < -0.4 is 11.1 Å². The van der Waals surface area contributed by atoms with E-state index in [1.54, 1.807) is 96.3 Å². The Kier molecular flexibility index (Phi) is 9.74. The van der Waals surface area contributed by atoms with Gasteiger partial charge in [-0.05, 0) is 83.5 Å². The molecule has 1 saturated heterocycles. The Bertz CT molecular complexity index is 1520. The molecule has 45 heavy (non-hydrogen) atoms. The third-order valence-corrected chi connectivity index (χ3v) is 6.01. The van der Waals surface area contributed by atoms with Gasteiger partial charge in [0.15, 0.2) is 0 Å². The standard InChI is InChI=1S/C31H37F2N7O5/c1-30(2,3)44-28(41)39-15-16-40(29(42)45-31(4,5)6)27(39)36-23-13-11-22(12-14-23)35-18-21(34)17-19-7-9-20(10-8-19)25-37-38-26(43-25)24(32)33/h7-14,18,24,35H,15-17,34H2,1-6H3/b21-18-. The number of hydrogen-bond donors (Lipinski definition) is 2. The molecule has 14 heteroatoms. The molecule has 2 aromatic carbocycles. The van der Waals surface area contributed by atoms with E-state index in [9.17, 15) is 18.4 Å². The van der Waals surface area contributed by atoms with Crippen molar-refractivity contribution in [3.63, 3.8) is 0 Å². The fraction of sp³-hybridized carbons (Fsp3) is 0.387. The Balaban J connectivity index is 1.43. The molecule has 0 unspecified atom stereocenters. The second kappa shape index (κ2) is 13.3. The van der Waals surface area contributed by atoms with E-state index >= 15 is 0 Å². The Hall–Kier alpha value is -5.01. The summed E-state index contributed by atoms with van der Waals surface area (Å²) in [4.78, 5) is 33.1. The number of aliphatic imine (C=N–C) groups is 1. The molecule has 0 aliphatic carbocycles. The van der Waals surface area contributed by atoms with E-state index in [0.29, 0.717) is 23.4 Å². The van der Waals surface area contributed by atoms with Crippen molar-refractivity contribution < 1.29 is 32.3 Å². The molecule has 2 heterocycles. The van der Waals surface area contributed by atoms with E-state index in [4.69, 9.17) is 19.6 Å². The predicted molar refractivity (Wildman–Crippen MR) is 164 cm³/mol. The van der Waals surface area contributed by atoms with Gasteiger partial charge >= 0.3 is 18.6 Å². The SMILES string of the molecule is CC(C)(C)OC(=O)N1CCN(C(=O)OC(C)(C)C)C1=Nc1ccc(N/C=C(\N)Cc2ccc(-c3nnc(C(F)F)o3)cc2)cc1. The largest absolute Gasteiger partial charge is 0.443 e. The number of nitrogens with two attached hydrogens (primary N) is 1. The molecule has 12 nitrogen and oxygen atoms in total. The summed E-state index contributed by atoms with van der Waals surface area (Å²) < 4.78 is 41.5. The smallest absolute Gasteiger partial charge is 0.417 e. The maximum Gasteiger partial charge on any atom is 0.417 e. The van der Waals surface area contributed by atoms with Crippen LogP contribution in [0.15, 0.2) is 69.8 Å². The number of carbonyl (C=O) groups excluding carboxylic acids is 2. The van der Waals surface area contributed by atoms with Crippen LogP contribution in [0.2, 0.25) is 0 Å². The minimum Gasteiger partial charge on any atom is -0.443 e. The minimum atomic E-state index is -2.83. The third kappa shape index (κ3) is 9.24. The fourth-order valence-corrected chi connectivity index (χ4v) is 4.06. The summed E-state index contributed by atoms with van der Waals surface area (Å²) in [7, 11) is 0. The lowest BCUT2D eigenvalue weighted by Gasteiger charge is -2.27. The number of aromatic nitrogens is 2. The number of halogens is 2. The van der Waals surface area contributed by atoms with Gasteiger partial charge in [-0.2, -0.15) is 8.78 Å². The lowest BCUT2D eigenvalue weighted by Crippen LogP contribution is -2.44. The van der Waals surface area contributed by atoms with Gasteiger partial charge in [0.25, 0.3) is 5.89 Å². The molecule has 4 rings (SSSR count). The molecule has 3 N–H and O–H groups in total. The summed E-state index contributed by atoms with van der Waals surface area (Å²) in [6.45, 7) is 11.0. The molecule has 3 aromatic rings.